The minimum absolute atomic E-state index is 0.448. The molecule has 0 N–H and O–H groups in total. The number of halogens is 2. The molecule has 0 heterocycles. The van der Waals surface area contributed by atoms with E-state index in [1.165, 1.54) is 13.2 Å². The third-order valence-corrected chi connectivity index (χ3v) is 2.34. The summed E-state index contributed by atoms with van der Waals surface area (Å²) in [4.78, 5) is 11.8. The van der Waals surface area contributed by atoms with Crippen molar-refractivity contribution in [2.24, 2.45) is 0 Å². The number of Topliss-reactive ketones (excluding diaryl/α,β-unsaturated/α-hetero) is 1. The van der Waals surface area contributed by atoms with E-state index in [4.69, 9.17) is 4.74 Å². The van der Waals surface area contributed by atoms with Crippen LogP contribution in [0.1, 0.15) is 30.1 Å². The van der Waals surface area contributed by atoms with Gasteiger partial charge in [-0.25, -0.2) is 8.78 Å². The number of rotatable bonds is 5. The molecule has 0 fully saturated rings. The fourth-order valence-electron chi connectivity index (χ4n) is 1.51. The van der Waals surface area contributed by atoms with E-state index in [-0.39, 0.29) is 0 Å². The van der Waals surface area contributed by atoms with E-state index in [1.54, 1.807) is 0 Å². The maximum atomic E-state index is 13.3. The molecule has 1 aromatic carbocycles. The van der Waals surface area contributed by atoms with Gasteiger partial charge >= 0.3 is 0 Å². The SMILES string of the molecule is CCCC(OC)C(=O)c1c(F)cccc1F. The predicted molar refractivity (Wildman–Crippen MR) is 56.4 cm³/mol. The number of benzene rings is 1. The summed E-state index contributed by atoms with van der Waals surface area (Å²) in [5, 5.41) is 0. The first-order valence-electron chi connectivity index (χ1n) is 5.12. The van der Waals surface area contributed by atoms with Crippen molar-refractivity contribution < 1.29 is 18.3 Å². The normalized spacial score (nSPS) is 12.5. The van der Waals surface area contributed by atoms with E-state index < -0.39 is 29.1 Å². The van der Waals surface area contributed by atoms with Crippen LogP contribution in [0.3, 0.4) is 0 Å². The molecule has 0 aliphatic heterocycles. The molecule has 1 atom stereocenters. The quantitative estimate of drug-likeness (QED) is 0.724. The number of ketones is 1. The van der Waals surface area contributed by atoms with Crippen LogP contribution in [-0.4, -0.2) is 19.0 Å². The van der Waals surface area contributed by atoms with E-state index in [9.17, 15) is 13.6 Å². The summed E-state index contributed by atoms with van der Waals surface area (Å²) in [7, 11) is 1.36. The lowest BCUT2D eigenvalue weighted by atomic mass is 10.0. The Morgan fingerprint density at radius 1 is 1.38 bits per heavy atom. The lowest BCUT2D eigenvalue weighted by Crippen LogP contribution is -2.25. The minimum atomic E-state index is -0.844. The smallest absolute Gasteiger partial charge is 0.197 e. The molecule has 0 aliphatic carbocycles. The summed E-state index contributed by atoms with van der Waals surface area (Å²) in [6.07, 6.45) is 0.375. The molecule has 2 nitrogen and oxygen atoms in total. The van der Waals surface area contributed by atoms with Crippen molar-refractivity contribution in [1.29, 1.82) is 0 Å². The number of hydrogen-bond donors (Lipinski definition) is 0. The van der Waals surface area contributed by atoms with Crippen LogP contribution >= 0.6 is 0 Å². The van der Waals surface area contributed by atoms with Gasteiger partial charge in [-0.2, -0.15) is 0 Å². The van der Waals surface area contributed by atoms with Crippen molar-refractivity contribution in [2.45, 2.75) is 25.9 Å². The summed E-state index contributed by atoms with van der Waals surface area (Å²) in [5.41, 5.74) is -0.511. The molecule has 1 aromatic rings. The van der Waals surface area contributed by atoms with E-state index in [2.05, 4.69) is 0 Å². The minimum Gasteiger partial charge on any atom is -0.373 e. The van der Waals surface area contributed by atoms with Crippen LogP contribution in [0, 0.1) is 11.6 Å². The Hall–Kier alpha value is -1.29. The molecule has 0 aromatic heterocycles. The van der Waals surface area contributed by atoms with Crippen LogP contribution in [0.25, 0.3) is 0 Å². The van der Waals surface area contributed by atoms with Gasteiger partial charge in [-0.1, -0.05) is 19.4 Å². The van der Waals surface area contributed by atoms with Crippen molar-refractivity contribution in [1.82, 2.24) is 0 Å². The Bertz CT molecular complexity index is 357. The van der Waals surface area contributed by atoms with Gasteiger partial charge in [0.15, 0.2) is 5.78 Å². The Kier molecular flexibility index (Phi) is 4.55. The van der Waals surface area contributed by atoms with Gasteiger partial charge in [0.1, 0.15) is 17.7 Å². The van der Waals surface area contributed by atoms with E-state index in [1.807, 2.05) is 6.92 Å². The summed E-state index contributed by atoms with van der Waals surface area (Å²) in [6, 6.07) is 3.35. The molecule has 0 saturated heterocycles. The highest BCUT2D eigenvalue weighted by molar-refractivity contribution is 5.99. The van der Waals surface area contributed by atoms with Gasteiger partial charge in [-0.05, 0) is 18.6 Å². The van der Waals surface area contributed by atoms with Crippen LogP contribution in [0.5, 0.6) is 0 Å². The fraction of sp³-hybridized carbons (Fsp3) is 0.417. The van der Waals surface area contributed by atoms with Crippen molar-refractivity contribution in [3.8, 4) is 0 Å². The van der Waals surface area contributed by atoms with Gasteiger partial charge in [0.2, 0.25) is 0 Å². The lowest BCUT2D eigenvalue weighted by molar-refractivity contribution is 0.0570. The maximum Gasteiger partial charge on any atom is 0.197 e. The Balaban J connectivity index is 3.03. The molecule has 0 spiro atoms. The van der Waals surface area contributed by atoms with Crippen molar-refractivity contribution in [3.63, 3.8) is 0 Å². The van der Waals surface area contributed by atoms with Gasteiger partial charge in [0, 0.05) is 7.11 Å². The van der Waals surface area contributed by atoms with Gasteiger partial charge in [-0.3, -0.25) is 4.79 Å². The first kappa shape index (κ1) is 12.8. The summed E-state index contributed by atoms with van der Waals surface area (Å²) < 4.78 is 31.6. The first-order valence-corrected chi connectivity index (χ1v) is 5.12. The number of ether oxygens (including phenoxy) is 1. The van der Waals surface area contributed by atoms with Crippen LogP contribution in [-0.2, 0) is 4.74 Å². The number of hydrogen-bond acceptors (Lipinski definition) is 2. The van der Waals surface area contributed by atoms with E-state index in [0.29, 0.717) is 12.8 Å². The highest BCUT2D eigenvalue weighted by atomic mass is 19.1. The highest BCUT2D eigenvalue weighted by Gasteiger charge is 2.24. The third kappa shape index (κ3) is 2.64. The van der Waals surface area contributed by atoms with Crippen LogP contribution in [0.2, 0.25) is 0 Å². The second-order valence-electron chi connectivity index (χ2n) is 3.47. The zero-order chi connectivity index (χ0) is 12.1. The van der Waals surface area contributed by atoms with Gasteiger partial charge in [0.25, 0.3) is 0 Å². The average Bonchev–Trinajstić information content (AvgIpc) is 2.25. The molecule has 4 heteroatoms. The topological polar surface area (TPSA) is 26.3 Å². The van der Waals surface area contributed by atoms with E-state index >= 15 is 0 Å². The standard InChI is InChI=1S/C12H14F2O2/c1-3-5-10(16-2)12(15)11-8(13)6-4-7-9(11)14/h4,6-7,10H,3,5H2,1-2H3. The molecule has 1 unspecified atom stereocenters. The van der Waals surface area contributed by atoms with Crippen LogP contribution in [0.15, 0.2) is 18.2 Å². The van der Waals surface area contributed by atoms with Crippen molar-refractivity contribution in [3.05, 3.63) is 35.4 Å². The second kappa shape index (κ2) is 5.70. The largest absolute Gasteiger partial charge is 0.373 e. The monoisotopic (exact) mass is 228 g/mol. The van der Waals surface area contributed by atoms with Gasteiger partial charge < -0.3 is 4.74 Å². The average molecular weight is 228 g/mol. The van der Waals surface area contributed by atoms with Crippen LogP contribution < -0.4 is 0 Å². The van der Waals surface area contributed by atoms with E-state index in [0.717, 1.165) is 12.1 Å². The van der Waals surface area contributed by atoms with Crippen LogP contribution in [0.4, 0.5) is 8.78 Å². The molecule has 0 saturated carbocycles. The number of methoxy groups -OCH3 is 1. The molecular weight excluding hydrogens is 214 g/mol. The molecule has 0 bridgehead atoms. The summed E-state index contributed by atoms with van der Waals surface area (Å²) in [6.45, 7) is 1.87. The summed E-state index contributed by atoms with van der Waals surface area (Å²) >= 11 is 0. The molecule has 0 amide bonds. The zero-order valence-electron chi connectivity index (χ0n) is 9.30. The third-order valence-electron chi connectivity index (χ3n) is 2.34. The van der Waals surface area contributed by atoms with Gasteiger partial charge in [-0.15, -0.1) is 0 Å². The zero-order valence-corrected chi connectivity index (χ0v) is 9.30. The van der Waals surface area contributed by atoms with Crippen molar-refractivity contribution >= 4 is 5.78 Å². The maximum absolute atomic E-state index is 13.3. The Labute approximate surface area is 93.2 Å². The molecular formula is C12H14F2O2. The van der Waals surface area contributed by atoms with Gasteiger partial charge in [0.05, 0.1) is 5.56 Å². The molecule has 0 radical (unpaired) electrons. The molecule has 1 rings (SSSR count). The first-order chi connectivity index (χ1) is 7.61. The lowest BCUT2D eigenvalue weighted by Gasteiger charge is -2.13. The fourth-order valence-corrected chi connectivity index (χ4v) is 1.51. The molecule has 0 aliphatic rings. The number of carbonyl (C=O) groups excluding carboxylic acids is 1. The molecule has 16 heavy (non-hydrogen) atoms. The Morgan fingerprint density at radius 3 is 2.38 bits per heavy atom. The highest BCUT2D eigenvalue weighted by Crippen LogP contribution is 2.17. The Morgan fingerprint density at radius 2 is 1.94 bits per heavy atom. The number of carbonyl (C=O) groups is 1. The predicted octanol–water partition coefficient (Wildman–Crippen LogP) is 2.96. The second-order valence-corrected chi connectivity index (χ2v) is 3.47. The van der Waals surface area contributed by atoms with Crippen molar-refractivity contribution in [2.75, 3.05) is 7.11 Å². The summed E-state index contributed by atoms with van der Waals surface area (Å²) in [5.74, 6) is -2.33. The molecule has 88 valence electrons.